The van der Waals surface area contributed by atoms with Crippen molar-refractivity contribution >= 4 is 26.0 Å². The Labute approximate surface area is 201 Å². The van der Waals surface area contributed by atoms with Crippen molar-refractivity contribution in [3.8, 4) is 0 Å². The average Bonchev–Trinajstić information content (AvgIpc) is 3.48. The third-order valence-electron chi connectivity index (χ3n) is 7.39. The quantitative estimate of drug-likeness (QED) is 0.650. The van der Waals surface area contributed by atoms with Crippen molar-refractivity contribution in [2.24, 2.45) is 11.8 Å². The Bertz CT molecular complexity index is 1250. The smallest absolute Gasteiger partial charge is 0.243 e. The van der Waals surface area contributed by atoms with E-state index in [1.807, 2.05) is 0 Å². The van der Waals surface area contributed by atoms with E-state index in [0.717, 1.165) is 19.3 Å². The number of carbonyl (C=O) groups is 1. The summed E-state index contributed by atoms with van der Waals surface area (Å²) >= 11 is 0. The summed E-state index contributed by atoms with van der Waals surface area (Å²) < 4.78 is 55.9. The SMILES string of the molecule is O=C(N[C@H]1C[C@H]2CC[C@H]1C2)[C@@H]1CN(S(=O)(=O)c2ccccc2)CCN1S(=O)(=O)c1ccccc1. The molecule has 1 aliphatic heterocycles. The molecule has 3 aliphatic rings. The number of amides is 1. The van der Waals surface area contributed by atoms with Crippen molar-refractivity contribution in [2.75, 3.05) is 19.6 Å². The van der Waals surface area contributed by atoms with Gasteiger partial charge in [0.2, 0.25) is 26.0 Å². The molecule has 1 amide bonds. The van der Waals surface area contributed by atoms with Crippen LogP contribution < -0.4 is 5.32 Å². The van der Waals surface area contributed by atoms with Gasteiger partial charge in [-0.15, -0.1) is 0 Å². The fourth-order valence-electron chi connectivity index (χ4n) is 5.63. The third kappa shape index (κ3) is 4.28. The molecule has 2 bridgehead atoms. The summed E-state index contributed by atoms with van der Waals surface area (Å²) in [4.78, 5) is 13.7. The van der Waals surface area contributed by atoms with Gasteiger partial charge in [-0.25, -0.2) is 16.8 Å². The molecular weight excluding hydrogens is 474 g/mol. The van der Waals surface area contributed by atoms with E-state index < -0.39 is 32.0 Å². The fourth-order valence-corrected chi connectivity index (χ4v) is 8.68. The highest BCUT2D eigenvalue weighted by atomic mass is 32.2. The maximum absolute atomic E-state index is 13.5. The van der Waals surface area contributed by atoms with Crippen LogP contribution in [0.1, 0.15) is 25.7 Å². The van der Waals surface area contributed by atoms with Crippen LogP contribution >= 0.6 is 0 Å². The van der Waals surface area contributed by atoms with Gasteiger partial charge in [0, 0.05) is 25.7 Å². The first-order chi connectivity index (χ1) is 16.3. The minimum Gasteiger partial charge on any atom is -0.352 e. The molecule has 34 heavy (non-hydrogen) atoms. The molecule has 2 saturated carbocycles. The molecule has 3 fully saturated rings. The number of hydrogen-bond donors (Lipinski definition) is 1. The van der Waals surface area contributed by atoms with Gasteiger partial charge in [0.25, 0.3) is 0 Å². The molecule has 8 nitrogen and oxygen atoms in total. The lowest BCUT2D eigenvalue weighted by molar-refractivity contribution is -0.127. The zero-order valence-corrected chi connectivity index (χ0v) is 20.4. The van der Waals surface area contributed by atoms with Crippen molar-refractivity contribution in [3.63, 3.8) is 0 Å². The van der Waals surface area contributed by atoms with Gasteiger partial charge in [0.1, 0.15) is 6.04 Å². The molecule has 10 heteroatoms. The van der Waals surface area contributed by atoms with E-state index in [1.165, 1.54) is 39.3 Å². The Morgan fingerprint density at radius 2 is 1.41 bits per heavy atom. The molecular formula is C24H29N3O5S2. The second kappa shape index (κ2) is 9.07. The molecule has 2 aliphatic carbocycles. The van der Waals surface area contributed by atoms with Crippen LogP contribution in [0.25, 0.3) is 0 Å². The van der Waals surface area contributed by atoms with Crippen LogP contribution in [0.3, 0.4) is 0 Å². The Balaban J connectivity index is 1.44. The van der Waals surface area contributed by atoms with Gasteiger partial charge >= 0.3 is 0 Å². The van der Waals surface area contributed by atoms with Crippen molar-refractivity contribution in [1.29, 1.82) is 0 Å². The zero-order valence-electron chi connectivity index (χ0n) is 18.8. The van der Waals surface area contributed by atoms with Crippen LogP contribution in [-0.4, -0.2) is 63.1 Å². The van der Waals surface area contributed by atoms with Gasteiger partial charge in [0.15, 0.2) is 0 Å². The zero-order chi connectivity index (χ0) is 23.9. The summed E-state index contributed by atoms with van der Waals surface area (Å²) in [6.07, 6.45) is 4.25. The number of rotatable bonds is 6. The summed E-state index contributed by atoms with van der Waals surface area (Å²) in [6.45, 7) is -0.352. The lowest BCUT2D eigenvalue weighted by Crippen LogP contribution is -2.62. The van der Waals surface area contributed by atoms with Crippen molar-refractivity contribution in [2.45, 2.75) is 47.6 Å². The summed E-state index contributed by atoms with van der Waals surface area (Å²) in [5.41, 5.74) is 0. The molecule has 1 heterocycles. The van der Waals surface area contributed by atoms with Gasteiger partial charge in [-0.1, -0.05) is 42.8 Å². The number of carbonyl (C=O) groups excluding carboxylic acids is 1. The first-order valence-corrected chi connectivity index (χ1v) is 14.6. The second-order valence-corrected chi connectivity index (χ2v) is 13.2. The largest absolute Gasteiger partial charge is 0.352 e. The van der Waals surface area contributed by atoms with E-state index in [4.69, 9.17) is 0 Å². The highest BCUT2D eigenvalue weighted by molar-refractivity contribution is 7.89. The molecule has 2 aromatic rings. The van der Waals surface area contributed by atoms with E-state index in [2.05, 4.69) is 5.32 Å². The Hall–Kier alpha value is -2.27. The van der Waals surface area contributed by atoms with E-state index in [1.54, 1.807) is 36.4 Å². The van der Waals surface area contributed by atoms with Crippen LogP contribution in [0.4, 0.5) is 0 Å². The van der Waals surface area contributed by atoms with Gasteiger partial charge in [-0.3, -0.25) is 4.79 Å². The summed E-state index contributed by atoms with van der Waals surface area (Å²) in [5, 5.41) is 3.08. The lowest BCUT2D eigenvalue weighted by atomic mass is 9.95. The molecule has 0 spiro atoms. The maximum Gasteiger partial charge on any atom is 0.243 e. The molecule has 1 N–H and O–H groups in total. The van der Waals surface area contributed by atoms with E-state index >= 15 is 0 Å². The molecule has 2 aromatic carbocycles. The Morgan fingerprint density at radius 3 is 1.97 bits per heavy atom. The molecule has 4 atom stereocenters. The molecule has 1 saturated heterocycles. The third-order valence-corrected chi connectivity index (χ3v) is 11.2. The molecule has 0 unspecified atom stereocenters. The predicted molar refractivity (Wildman–Crippen MR) is 127 cm³/mol. The lowest BCUT2D eigenvalue weighted by Gasteiger charge is -2.39. The normalized spacial score (nSPS) is 28.1. The predicted octanol–water partition coefficient (Wildman–Crippen LogP) is 2.06. The Morgan fingerprint density at radius 1 is 0.794 bits per heavy atom. The van der Waals surface area contributed by atoms with Gasteiger partial charge in [0.05, 0.1) is 9.79 Å². The second-order valence-electron chi connectivity index (χ2n) is 9.41. The van der Waals surface area contributed by atoms with Crippen molar-refractivity contribution in [1.82, 2.24) is 13.9 Å². The van der Waals surface area contributed by atoms with Crippen LogP contribution in [-0.2, 0) is 24.8 Å². The van der Waals surface area contributed by atoms with Crippen LogP contribution in [0.2, 0.25) is 0 Å². The van der Waals surface area contributed by atoms with Gasteiger partial charge in [-0.05, 0) is 55.4 Å². The minimum absolute atomic E-state index is 0.0219. The fraction of sp³-hybridized carbons (Fsp3) is 0.458. The van der Waals surface area contributed by atoms with E-state index in [9.17, 15) is 21.6 Å². The number of fused-ring (bicyclic) bond motifs is 2. The Kier molecular flexibility index (Phi) is 6.26. The van der Waals surface area contributed by atoms with E-state index in [-0.39, 0.29) is 35.5 Å². The summed E-state index contributed by atoms with van der Waals surface area (Å²) in [5.74, 6) is 0.603. The van der Waals surface area contributed by atoms with Crippen LogP contribution in [0.15, 0.2) is 70.5 Å². The first-order valence-electron chi connectivity index (χ1n) is 11.7. The molecule has 182 valence electrons. The average molecular weight is 504 g/mol. The van der Waals surface area contributed by atoms with Gasteiger partial charge in [-0.2, -0.15) is 8.61 Å². The topological polar surface area (TPSA) is 104 Å². The molecule has 0 radical (unpaired) electrons. The number of nitrogens with one attached hydrogen (secondary N) is 1. The van der Waals surface area contributed by atoms with Crippen LogP contribution in [0.5, 0.6) is 0 Å². The summed E-state index contributed by atoms with van der Waals surface area (Å²) in [7, 11) is -7.85. The van der Waals surface area contributed by atoms with Crippen molar-refractivity contribution < 1.29 is 21.6 Å². The van der Waals surface area contributed by atoms with E-state index in [0.29, 0.717) is 11.8 Å². The minimum atomic E-state index is -3.98. The molecule has 0 aromatic heterocycles. The molecule has 5 rings (SSSR count). The van der Waals surface area contributed by atoms with Gasteiger partial charge < -0.3 is 5.32 Å². The number of piperazine rings is 1. The monoisotopic (exact) mass is 503 g/mol. The number of sulfonamides is 2. The first kappa shape index (κ1) is 23.5. The van der Waals surface area contributed by atoms with Crippen LogP contribution in [0, 0.1) is 11.8 Å². The number of nitrogens with zero attached hydrogens (tertiary/aromatic N) is 2. The maximum atomic E-state index is 13.5. The summed E-state index contributed by atoms with van der Waals surface area (Å²) in [6, 6.07) is 14.9. The highest BCUT2D eigenvalue weighted by Gasteiger charge is 2.46. The highest BCUT2D eigenvalue weighted by Crippen LogP contribution is 2.44. The standard InChI is InChI=1S/C24H29N3O5S2/c28-24(25-22-16-18-11-12-19(22)15-18)23-17-26(33(29,30)20-7-3-1-4-8-20)13-14-27(23)34(31,32)21-9-5-2-6-10-21/h1-10,18-19,22-23H,11-17H2,(H,25,28)/t18-,19-,22-,23-/m0/s1. The number of benzene rings is 2. The number of hydrogen-bond acceptors (Lipinski definition) is 5. The van der Waals surface area contributed by atoms with Crippen molar-refractivity contribution in [3.05, 3.63) is 60.7 Å².